The lowest BCUT2D eigenvalue weighted by molar-refractivity contribution is -0.0533. The Balaban J connectivity index is 1.08. The Morgan fingerprint density at radius 2 is 1.50 bits per heavy atom. The summed E-state index contributed by atoms with van der Waals surface area (Å²) >= 11 is 0. The molecule has 4 aliphatic rings. The number of benzene rings is 3. The number of carbonyl (C=O) groups is 1. The van der Waals surface area contributed by atoms with E-state index in [2.05, 4.69) is 36.4 Å². The topological polar surface area (TPSA) is 68.2 Å². The first-order chi connectivity index (χ1) is 17.6. The predicted molar refractivity (Wildman–Crippen MR) is 134 cm³/mol. The van der Waals surface area contributed by atoms with Crippen molar-refractivity contribution >= 4 is 6.09 Å². The minimum absolute atomic E-state index is 0.0402. The normalized spacial score (nSPS) is 25.9. The summed E-state index contributed by atoms with van der Waals surface area (Å²) in [7, 11) is 0. The van der Waals surface area contributed by atoms with Gasteiger partial charge in [-0.3, -0.25) is 0 Å². The number of hydrogen-bond acceptors (Lipinski definition) is 5. The van der Waals surface area contributed by atoms with Crippen LogP contribution in [0.25, 0.3) is 11.1 Å². The number of piperidine rings is 1. The molecule has 0 radical (unpaired) electrons. The van der Waals surface area contributed by atoms with Crippen LogP contribution < -0.4 is 9.47 Å². The molecule has 2 unspecified atom stereocenters. The molecule has 3 aromatic carbocycles. The van der Waals surface area contributed by atoms with Gasteiger partial charge in [0.2, 0.25) is 0 Å². The first-order valence-electron chi connectivity index (χ1n) is 12.9. The number of nitrogens with zero attached hydrogens (tertiary/aromatic N) is 1. The first kappa shape index (κ1) is 21.7. The second-order valence-electron chi connectivity index (χ2n) is 10.4. The van der Waals surface area contributed by atoms with Gasteiger partial charge in [0.15, 0.2) is 11.5 Å². The maximum Gasteiger partial charge on any atom is 0.410 e. The molecule has 1 N–H and O–H groups in total. The van der Waals surface area contributed by atoms with Crippen molar-refractivity contribution in [2.75, 3.05) is 19.8 Å². The summed E-state index contributed by atoms with van der Waals surface area (Å²) < 4.78 is 17.4. The van der Waals surface area contributed by atoms with Crippen molar-refractivity contribution in [1.29, 1.82) is 0 Å². The van der Waals surface area contributed by atoms with Crippen molar-refractivity contribution in [1.82, 2.24) is 4.90 Å². The third-order valence-electron chi connectivity index (χ3n) is 8.39. The number of hydrogen-bond donors (Lipinski definition) is 1. The molecule has 36 heavy (non-hydrogen) atoms. The number of rotatable bonds is 3. The van der Waals surface area contributed by atoms with E-state index in [1.165, 1.54) is 22.3 Å². The van der Waals surface area contributed by atoms with E-state index in [9.17, 15) is 9.90 Å². The van der Waals surface area contributed by atoms with E-state index in [-0.39, 0.29) is 24.1 Å². The fraction of sp³-hybridized carbons (Fsp3) is 0.367. The van der Waals surface area contributed by atoms with Crippen LogP contribution in [-0.2, 0) is 10.3 Å². The third kappa shape index (κ3) is 3.39. The smallest absolute Gasteiger partial charge is 0.410 e. The highest BCUT2D eigenvalue weighted by molar-refractivity contribution is 5.79. The van der Waals surface area contributed by atoms with E-state index in [1.807, 2.05) is 35.2 Å². The molecule has 0 aromatic heterocycles. The molecule has 2 atom stereocenters. The zero-order chi connectivity index (χ0) is 24.3. The highest BCUT2D eigenvalue weighted by atomic mass is 16.6. The van der Waals surface area contributed by atoms with Crippen LogP contribution >= 0.6 is 0 Å². The van der Waals surface area contributed by atoms with Crippen molar-refractivity contribution in [2.45, 2.75) is 49.3 Å². The molecule has 2 saturated heterocycles. The van der Waals surface area contributed by atoms with Crippen molar-refractivity contribution in [3.63, 3.8) is 0 Å². The Labute approximate surface area is 210 Å². The van der Waals surface area contributed by atoms with Gasteiger partial charge in [0.1, 0.15) is 19.8 Å². The summed E-state index contributed by atoms with van der Waals surface area (Å²) in [4.78, 5) is 15.3. The highest BCUT2D eigenvalue weighted by Crippen LogP contribution is 2.48. The van der Waals surface area contributed by atoms with Crippen LogP contribution in [0.2, 0.25) is 0 Å². The standard InChI is InChI=1S/C30H29NO5/c32-29(36-18-26-24-7-3-1-5-22(24)23-6-2-4-8-25(23)26)31-20-10-11-21(31)17-30(33,16-20)19-9-12-27-28(15-19)35-14-13-34-27/h1-9,12,15,20-21,26,33H,10-11,13-14,16-18H2. The second-order valence-corrected chi connectivity index (χ2v) is 10.4. The molecule has 184 valence electrons. The SMILES string of the molecule is O=C(OCC1c2ccccc2-c2ccccc21)N1C2CCC1CC(O)(c1ccc3c(c1)OCCO3)C2. The third-order valence-corrected chi connectivity index (χ3v) is 8.39. The molecule has 6 heteroatoms. The van der Waals surface area contributed by atoms with Gasteiger partial charge in [-0.05, 0) is 52.8 Å². The van der Waals surface area contributed by atoms with Crippen LogP contribution in [0.5, 0.6) is 11.5 Å². The van der Waals surface area contributed by atoms with E-state index >= 15 is 0 Å². The molecule has 3 aliphatic heterocycles. The molecule has 2 bridgehead atoms. The average Bonchev–Trinajstić information content (AvgIpc) is 3.39. The minimum atomic E-state index is -0.998. The molecule has 0 saturated carbocycles. The Morgan fingerprint density at radius 3 is 2.17 bits per heavy atom. The van der Waals surface area contributed by atoms with Gasteiger partial charge >= 0.3 is 6.09 Å². The van der Waals surface area contributed by atoms with E-state index in [0.29, 0.717) is 44.2 Å². The molecule has 3 heterocycles. The lowest BCUT2D eigenvalue weighted by atomic mass is 9.80. The zero-order valence-electron chi connectivity index (χ0n) is 20.1. The summed E-state index contributed by atoms with van der Waals surface area (Å²) in [6.45, 7) is 1.36. The predicted octanol–water partition coefficient (Wildman–Crippen LogP) is 5.22. The lowest BCUT2D eigenvalue weighted by Crippen LogP contribution is -2.52. The van der Waals surface area contributed by atoms with Gasteiger partial charge in [0, 0.05) is 30.8 Å². The molecule has 0 spiro atoms. The van der Waals surface area contributed by atoms with Gasteiger partial charge in [0.25, 0.3) is 0 Å². The molecular weight excluding hydrogens is 454 g/mol. The molecule has 1 aliphatic carbocycles. The van der Waals surface area contributed by atoms with Crippen molar-refractivity contribution in [3.8, 4) is 22.6 Å². The molecule has 6 nitrogen and oxygen atoms in total. The summed E-state index contributed by atoms with van der Waals surface area (Å²) in [5.41, 5.74) is 4.69. The summed E-state index contributed by atoms with van der Waals surface area (Å²) in [6.07, 6.45) is 2.47. The number of amides is 1. The highest BCUT2D eigenvalue weighted by Gasteiger charge is 2.51. The number of carbonyl (C=O) groups excluding carboxylic acids is 1. The Kier molecular flexibility index (Phi) is 5.00. The van der Waals surface area contributed by atoms with Crippen molar-refractivity contribution in [2.24, 2.45) is 0 Å². The lowest BCUT2D eigenvalue weighted by Gasteiger charge is -2.43. The molecular formula is C30H29NO5. The zero-order valence-corrected chi connectivity index (χ0v) is 20.1. The first-order valence-corrected chi connectivity index (χ1v) is 12.9. The maximum atomic E-state index is 13.4. The van der Waals surface area contributed by atoms with Crippen molar-refractivity contribution < 1.29 is 24.1 Å². The summed E-state index contributed by atoms with van der Waals surface area (Å²) in [5.74, 6) is 1.43. The van der Waals surface area contributed by atoms with Crippen LogP contribution in [0.15, 0.2) is 66.7 Å². The van der Waals surface area contributed by atoms with Crippen LogP contribution in [0, 0.1) is 0 Å². The van der Waals surface area contributed by atoms with E-state index in [0.717, 1.165) is 18.4 Å². The molecule has 3 aromatic rings. The molecule has 7 rings (SSSR count). The van der Waals surface area contributed by atoms with Crippen molar-refractivity contribution in [3.05, 3.63) is 83.4 Å². The molecule has 1 amide bonds. The van der Waals surface area contributed by atoms with E-state index in [4.69, 9.17) is 14.2 Å². The second kappa shape index (κ2) is 8.27. The van der Waals surface area contributed by atoms with Gasteiger partial charge in [-0.25, -0.2) is 4.79 Å². The molecule has 2 fully saturated rings. The quantitative estimate of drug-likeness (QED) is 0.553. The summed E-state index contributed by atoms with van der Waals surface area (Å²) in [6, 6.07) is 22.4. The van der Waals surface area contributed by atoms with E-state index < -0.39 is 5.60 Å². The average molecular weight is 484 g/mol. The Bertz CT molecular complexity index is 1280. The van der Waals surface area contributed by atoms with Gasteiger partial charge in [-0.2, -0.15) is 0 Å². The minimum Gasteiger partial charge on any atom is -0.486 e. The number of ether oxygens (including phenoxy) is 3. The van der Waals surface area contributed by atoms with Crippen LogP contribution in [0.1, 0.15) is 48.3 Å². The van der Waals surface area contributed by atoms with Crippen LogP contribution in [0.3, 0.4) is 0 Å². The van der Waals surface area contributed by atoms with Crippen LogP contribution in [0.4, 0.5) is 4.79 Å². The van der Waals surface area contributed by atoms with Gasteiger partial charge < -0.3 is 24.2 Å². The number of fused-ring (bicyclic) bond motifs is 6. The van der Waals surface area contributed by atoms with Gasteiger partial charge in [-0.1, -0.05) is 54.6 Å². The largest absolute Gasteiger partial charge is 0.486 e. The van der Waals surface area contributed by atoms with Gasteiger partial charge in [0.05, 0.1) is 5.60 Å². The number of aliphatic hydroxyl groups is 1. The fourth-order valence-electron chi connectivity index (χ4n) is 6.76. The fourth-order valence-corrected chi connectivity index (χ4v) is 6.76. The van der Waals surface area contributed by atoms with Crippen LogP contribution in [-0.4, -0.2) is 48.0 Å². The Morgan fingerprint density at radius 1 is 0.889 bits per heavy atom. The Hall–Kier alpha value is -3.51. The van der Waals surface area contributed by atoms with E-state index in [1.54, 1.807) is 0 Å². The maximum absolute atomic E-state index is 13.4. The summed E-state index contributed by atoms with van der Waals surface area (Å²) in [5, 5.41) is 11.7. The monoisotopic (exact) mass is 483 g/mol. The van der Waals surface area contributed by atoms with Gasteiger partial charge in [-0.15, -0.1) is 0 Å².